The van der Waals surface area contributed by atoms with Gasteiger partial charge in [-0.2, -0.15) is 0 Å². The van der Waals surface area contributed by atoms with Gasteiger partial charge in [-0.25, -0.2) is 4.79 Å². The Kier molecular flexibility index (Phi) is 14.3. The number of carbonyl (C=O) groups excluding carboxylic acids is 5. The molecule has 41 heavy (non-hydrogen) atoms. The van der Waals surface area contributed by atoms with Crippen LogP contribution in [0.4, 0.5) is 0 Å². The average Bonchev–Trinajstić information content (AvgIpc) is 2.96. The largest absolute Gasteiger partial charge is 0.459 e. The molecular formula is C30H46N4O7. The van der Waals surface area contributed by atoms with Crippen molar-refractivity contribution in [3.8, 4) is 0 Å². The lowest BCUT2D eigenvalue weighted by atomic mass is 9.80. The SMILES string of the molecule is CC(C)C[C@H](NC(=O)[C@H](CO)NC(=O)C(CCC(N)=O)NC(=O)C(C)C1CCCCC1)C(=O)OCc1ccccc1. The molecule has 11 heteroatoms. The number of primary amides is 1. The first kappa shape index (κ1) is 33.7. The van der Waals surface area contributed by atoms with Crippen molar-refractivity contribution >= 4 is 29.6 Å². The van der Waals surface area contributed by atoms with Crippen molar-refractivity contribution in [3.63, 3.8) is 0 Å². The summed E-state index contributed by atoms with van der Waals surface area (Å²) in [6.45, 7) is 4.87. The minimum absolute atomic E-state index is 0.0326. The van der Waals surface area contributed by atoms with E-state index in [9.17, 15) is 29.1 Å². The van der Waals surface area contributed by atoms with Gasteiger partial charge in [0.1, 0.15) is 24.7 Å². The number of rotatable bonds is 16. The summed E-state index contributed by atoms with van der Waals surface area (Å²) in [6.07, 6.45) is 5.18. The van der Waals surface area contributed by atoms with Gasteiger partial charge >= 0.3 is 5.97 Å². The van der Waals surface area contributed by atoms with Crippen molar-refractivity contribution in [2.45, 2.75) is 96.9 Å². The second-order valence-corrected chi connectivity index (χ2v) is 11.3. The maximum Gasteiger partial charge on any atom is 0.328 e. The van der Waals surface area contributed by atoms with E-state index < -0.39 is 48.4 Å². The van der Waals surface area contributed by atoms with E-state index in [1.807, 2.05) is 51.1 Å². The van der Waals surface area contributed by atoms with Crippen LogP contribution in [0.25, 0.3) is 0 Å². The molecule has 2 rings (SSSR count). The summed E-state index contributed by atoms with van der Waals surface area (Å²) in [5, 5.41) is 17.7. The molecule has 0 aliphatic heterocycles. The number of ether oxygens (including phenoxy) is 1. The molecule has 1 aromatic carbocycles. The average molecular weight is 575 g/mol. The standard InChI is InChI=1S/C30H46N4O7/c1-19(2)16-24(30(40)41-18-21-10-6-4-7-11-21)33-29(39)25(17-35)34-28(38)23(14-15-26(31)36)32-27(37)20(3)22-12-8-5-9-13-22/h4,6-7,10-11,19-20,22-25,35H,5,8-9,12-18H2,1-3H3,(H2,31,36)(H,32,37)(H,33,39)(H,34,38)/t20?,23?,24-,25-/m0/s1. The number of amides is 4. The Labute approximate surface area is 242 Å². The highest BCUT2D eigenvalue weighted by atomic mass is 16.5. The minimum Gasteiger partial charge on any atom is -0.459 e. The molecule has 0 heterocycles. The lowest BCUT2D eigenvalue weighted by molar-refractivity contribution is -0.150. The third-order valence-electron chi connectivity index (χ3n) is 7.43. The van der Waals surface area contributed by atoms with E-state index in [4.69, 9.17) is 10.5 Å². The molecular weight excluding hydrogens is 528 g/mol. The quantitative estimate of drug-likeness (QED) is 0.187. The third kappa shape index (κ3) is 11.9. The van der Waals surface area contributed by atoms with Crippen molar-refractivity contribution < 1.29 is 33.8 Å². The van der Waals surface area contributed by atoms with Gasteiger partial charge in [0, 0.05) is 12.3 Å². The monoisotopic (exact) mass is 574 g/mol. The number of benzene rings is 1. The number of nitrogens with one attached hydrogen (secondary N) is 3. The van der Waals surface area contributed by atoms with Crippen LogP contribution in [0.15, 0.2) is 30.3 Å². The lowest BCUT2D eigenvalue weighted by Crippen LogP contribution is -2.57. The Morgan fingerprint density at radius 3 is 2.05 bits per heavy atom. The molecule has 1 aromatic rings. The molecule has 228 valence electrons. The summed E-state index contributed by atoms with van der Waals surface area (Å²) in [4.78, 5) is 63.4. The Morgan fingerprint density at radius 1 is 0.878 bits per heavy atom. The first-order valence-corrected chi connectivity index (χ1v) is 14.5. The van der Waals surface area contributed by atoms with Gasteiger partial charge in [-0.15, -0.1) is 0 Å². The van der Waals surface area contributed by atoms with Crippen LogP contribution in [-0.2, 0) is 35.3 Å². The second kappa shape index (κ2) is 17.4. The van der Waals surface area contributed by atoms with Crippen LogP contribution in [0, 0.1) is 17.8 Å². The summed E-state index contributed by atoms with van der Waals surface area (Å²) in [7, 11) is 0. The van der Waals surface area contributed by atoms with E-state index >= 15 is 0 Å². The molecule has 6 N–H and O–H groups in total. The van der Waals surface area contributed by atoms with Gasteiger partial charge in [-0.1, -0.05) is 70.4 Å². The summed E-state index contributed by atoms with van der Waals surface area (Å²) in [5.41, 5.74) is 6.07. The van der Waals surface area contributed by atoms with E-state index in [0.29, 0.717) is 0 Å². The van der Waals surface area contributed by atoms with Gasteiger partial charge in [0.25, 0.3) is 0 Å². The molecule has 4 atom stereocenters. The van der Waals surface area contributed by atoms with Gasteiger partial charge in [0.05, 0.1) is 6.61 Å². The van der Waals surface area contributed by atoms with Gasteiger partial charge < -0.3 is 31.5 Å². The zero-order chi connectivity index (χ0) is 30.4. The normalized spacial score (nSPS) is 16.6. The molecule has 0 saturated heterocycles. The summed E-state index contributed by atoms with van der Waals surface area (Å²) < 4.78 is 5.40. The van der Waals surface area contributed by atoms with Crippen molar-refractivity contribution in [3.05, 3.63) is 35.9 Å². The smallest absolute Gasteiger partial charge is 0.328 e. The first-order chi connectivity index (χ1) is 19.5. The molecule has 1 fully saturated rings. The van der Waals surface area contributed by atoms with Crippen molar-refractivity contribution in [2.24, 2.45) is 23.5 Å². The Balaban J connectivity index is 2.05. The molecule has 0 bridgehead atoms. The van der Waals surface area contributed by atoms with E-state index in [0.717, 1.165) is 37.7 Å². The number of hydrogen-bond acceptors (Lipinski definition) is 7. The molecule has 1 saturated carbocycles. The maximum absolute atomic E-state index is 13.2. The Morgan fingerprint density at radius 2 is 1.46 bits per heavy atom. The number of aliphatic hydroxyl groups is 1. The molecule has 4 amide bonds. The van der Waals surface area contributed by atoms with E-state index in [-0.39, 0.29) is 49.5 Å². The molecule has 0 spiro atoms. The fraction of sp³-hybridized carbons (Fsp3) is 0.633. The zero-order valence-electron chi connectivity index (χ0n) is 24.4. The van der Waals surface area contributed by atoms with E-state index in [1.165, 1.54) is 0 Å². The van der Waals surface area contributed by atoms with Gasteiger partial charge in [0.2, 0.25) is 23.6 Å². The van der Waals surface area contributed by atoms with E-state index in [2.05, 4.69) is 16.0 Å². The van der Waals surface area contributed by atoms with Gasteiger partial charge in [0.15, 0.2) is 0 Å². The van der Waals surface area contributed by atoms with Gasteiger partial charge in [-0.05, 0) is 43.1 Å². The third-order valence-corrected chi connectivity index (χ3v) is 7.43. The maximum atomic E-state index is 13.2. The van der Waals surface area contributed by atoms with Crippen molar-refractivity contribution in [1.29, 1.82) is 0 Å². The Bertz CT molecular complexity index is 1010. The zero-order valence-corrected chi connectivity index (χ0v) is 24.4. The molecule has 1 aliphatic carbocycles. The van der Waals surface area contributed by atoms with Crippen LogP contribution < -0.4 is 21.7 Å². The predicted molar refractivity (Wildman–Crippen MR) is 153 cm³/mol. The van der Waals surface area contributed by atoms with Crippen molar-refractivity contribution in [2.75, 3.05) is 6.61 Å². The number of aliphatic hydroxyl groups excluding tert-OH is 1. The van der Waals surface area contributed by atoms with Gasteiger partial charge in [-0.3, -0.25) is 19.2 Å². The number of esters is 1. The van der Waals surface area contributed by atoms with Crippen LogP contribution in [0.3, 0.4) is 0 Å². The second-order valence-electron chi connectivity index (χ2n) is 11.3. The summed E-state index contributed by atoms with van der Waals surface area (Å²) in [6, 6.07) is 5.57. The number of nitrogens with two attached hydrogens (primary N) is 1. The topological polar surface area (TPSA) is 177 Å². The van der Waals surface area contributed by atoms with Crippen LogP contribution in [0.1, 0.15) is 77.7 Å². The predicted octanol–water partition coefficient (Wildman–Crippen LogP) is 1.70. The minimum atomic E-state index is -1.40. The highest BCUT2D eigenvalue weighted by Gasteiger charge is 2.32. The first-order valence-electron chi connectivity index (χ1n) is 14.5. The summed E-state index contributed by atoms with van der Waals surface area (Å²) in [5.74, 6) is -3.19. The van der Waals surface area contributed by atoms with Crippen LogP contribution in [-0.4, -0.2) is 59.4 Å². The number of carbonyl (C=O) groups is 5. The Hall–Kier alpha value is -3.47. The molecule has 2 unspecified atom stereocenters. The summed E-state index contributed by atoms with van der Waals surface area (Å²) >= 11 is 0. The van der Waals surface area contributed by atoms with Crippen LogP contribution >= 0.6 is 0 Å². The molecule has 0 aromatic heterocycles. The van der Waals surface area contributed by atoms with Crippen LogP contribution in [0.5, 0.6) is 0 Å². The number of hydrogen-bond donors (Lipinski definition) is 5. The highest BCUT2D eigenvalue weighted by Crippen LogP contribution is 2.30. The fourth-order valence-electron chi connectivity index (χ4n) is 4.96. The van der Waals surface area contributed by atoms with E-state index in [1.54, 1.807) is 0 Å². The highest BCUT2D eigenvalue weighted by molar-refractivity contribution is 5.94. The van der Waals surface area contributed by atoms with Crippen molar-refractivity contribution in [1.82, 2.24) is 16.0 Å². The van der Waals surface area contributed by atoms with Crippen LogP contribution in [0.2, 0.25) is 0 Å². The molecule has 11 nitrogen and oxygen atoms in total. The molecule has 1 aliphatic rings. The fourth-order valence-corrected chi connectivity index (χ4v) is 4.96. The molecule has 0 radical (unpaired) electrons. The lowest BCUT2D eigenvalue weighted by Gasteiger charge is -2.29.